The van der Waals surface area contributed by atoms with Crippen molar-refractivity contribution in [2.75, 3.05) is 24.6 Å². The van der Waals surface area contributed by atoms with Crippen LogP contribution in [-0.2, 0) is 4.74 Å². The molecule has 94 valence electrons. The van der Waals surface area contributed by atoms with Crippen LogP contribution in [0, 0.1) is 18.3 Å². The minimum absolute atomic E-state index is 0.272. The minimum Gasteiger partial charge on any atom is -0.478 e. The molecule has 1 saturated heterocycles. The molecule has 1 heterocycles. The van der Waals surface area contributed by atoms with E-state index in [1.165, 1.54) is 0 Å². The molecule has 0 spiro atoms. The zero-order valence-corrected chi connectivity index (χ0v) is 10.1. The summed E-state index contributed by atoms with van der Waals surface area (Å²) < 4.78 is 5.25. The average molecular weight is 246 g/mol. The summed E-state index contributed by atoms with van der Waals surface area (Å²) in [4.78, 5) is 13.1. The lowest BCUT2D eigenvalue weighted by atomic mass is 10.1. The predicted molar refractivity (Wildman–Crippen MR) is 65.7 cm³/mol. The molecule has 1 aromatic rings. The van der Waals surface area contributed by atoms with Crippen LogP contribution in [0.15, 0.2) is 18.2 Å². The van der Waals surface area contributed by atoms with Crippen LogP contribution in [-0.4, -0.2) is 36.9 Å². The molecule has 1 aromatic carbocycles. The van der Waals surface area contributed by atoms with Crippen molar-refractivity contribution in [3.8, 4) is 6.07 Å². The molecule has 5 nitrogen and oxygen atoms in total. The maximum Gasteiger partial charge on any atom is 0.337 e. The first kappa shape index (κ1) is 12.4. The number of anilines is 1. The lowest BCUT2D eigenvalue weighted by molar-refractivity contribution is 0.0688. The maximum atomic E-state index is 11.2. The van der Waals surface area contributed by atoms with Gasteiger partial charge in [0.25, 0.3) is 0 Å². The normalized spacial score (nSPS) is 19.3. The van der Waals surface area contributed by atoms with E-state index in [-0.39, 0.29) is 5.56 Å². The number of rotatable bonds is 2. The third-order valence-corrected chi connectivity index (χ3v) is 2.93. The molecule has 2 rings (SSSR count). The molecule has 0 bridgehead atoms. The molecule has 1 unspecified atom stereocenters. The SMILES string of the molecule is Cc1ccc(N2CCOC(C#N)C2)c(C(=O)O)c1. The third kappa shape index (κ3) is 2.44. The second-order valence-electron chi connectivity index (χ2n) is 4.26. The van der Waals surface area contributed by atoms with Gasteiger partial charge < -0.3 is 14.7 Å². The summed E-state index contributed by atoms with van der Waals surface area (Å²) in [6.45, 7) is 3.29. The molecule has 0 saturated carbocycles. The van der Waals surface area contributed by atoms with E-state index in [0.29, 0.717) is 25.4 Å². The number of nitriles is 1. The number of carboxylic acids is 1. The molecular formula is C13H14N2O3. The van der Waals surface area contributed by atoms with E-state index in [2.05, 4.69) is 6.07 Å². The molecule has 0 amide bonds. The molecule has 18 heavy (non-hydrogen) atoms. The van der Waals surface area contributed by atoms with Gasteiger partial charge in [0.2, 0.25) is 0 Å². The molecule has 0 radical (unpaired) electrons. The van der Waals surface area contributed by atoms with E-state index < -0.39 is 12.1 Å². The third-order valence-electron chi connectivity index (χ3n) is 2.93. The molecule has 1 aliphatic heterocycles. The summed E-state index contributed by atoms with van der Waals surface area (Å²) in [5, 5.41) is 18.1. The van der Waals surface area contributed by atoms with Gasteiger partial charge in [-0.15, -0.1) is 0 Å². The number of hydrogen-bond acceptors (Lipinski definition) is 4. The number of benzene rings is 1. The second kappa shape index (κ2) is 5.07. The number of hydrogen-bond donors (Lipinski definition) is 1. The van der Waals surface area contributed by atoms with Crippen LogP contribution in [0.25, 0.3) is 0 Å². The van der Waals surface area contributed by atoms with E-state index in [4.69, 9.17) is 10.00 Å². The van der Waals surface area contributed by atoms with Gasteiger partial charge in [0, 0.05) is 6.54 Å². The van der Waals surface area contributed by atoms with Crippen LogP contribution in [0.1, 0.15) is 15.9 Å². The zero-order valence-electron chi connectivity index (χ0n) is 10.1. The van der Waals surface area contributed by atoms with Gasteiger partial charge in [-0.25, -0.2) is 4.79 Å². The highest BCUT2D eigenvalue weighted by molar-refractivity contribution is 5.94. The lowest BCUT2D eigenvalue weighted by Crippen LogP contribution is -2.42. The first-order valence-corrected chi connectivity index (χ1v) is 5.72. The molecule has 0 aromatic heterocycles. The molecule has 5 heteroatoms. The Labute approximate surface area is 105 Å². The summed E-state index contributed by atoms with van der Waals surface area (Å²) in [6, 6.07) is 7.36. The molecule has 1 N–H and O–H groups in total. The van der Waals surface area contributed by atoms with Gasteiger partial charge in [0.1, 0.15) is 0 Å². The van der Waals surface area contributed by atoms with Gasteiger partial charge in [-0.3, -0.25) is 0 Å². The Morgan fingerprint density at radius 3 is 3.06 bits per heavy atom. The van der Waals surface area contributed by atoms with Crippen LogP contribution >= 0.6 is 0 Å². The number of aromatic carboxylic acids is 1. The largest absolute Gasteiger partial charge is 0.478 e. The monoisotopic (exact) mass is 246 g/mol. The Kier molecular flexibility index (Phi) is 3.49. The smallest absolute Gasteiger partial charge is 0.337 e. The number of ether oxygens (including phenoxy) is 1. The summed E-state index contributed by atoms with van der Waals surface area (Å²) in [5.74, 6) is -0.950. The lowest BCUT2D eigenvalue weighted by Gasteiger charge is -2.32. The van der Waals surface area contributed by atoms with Crippen LogP contribution in [0.5, 0.6) is 0 Å². The van der Waals surface area contributed by atoms with E-state index in [9.17, 15) is 9.90 Å². The van der Waals surface area contributed by atoms with Gasteiger partial charge in [0.15, 0.2) is 6.10 Å². The highest BCUT2D eigenvalue weighted by atomic mass is 16.5. The fourth-order valence-electron chi connectivity index (χ4n) is 2.04. The van der Waals surface area contributed by atoms with Gasteiger partial charge in [-0.2, -0.15) is 5.26 Å². The van der Waals surface area contributed by atoms with Crippen LogP contribution in [0.2, 0.25) is 0 Å². The number of carbonyl (C=O) groups is 1. The fourth-order valence-corrected chi connectivity index (χ4v) is 2.04. The molecule has 0 aliphatic carbocycles. The molecule has 1 fully saturated rings. The Bertz CT molecular complexity index is 507. The second-order valence-corrected chi connectivity index (χ2v) is 4.26. The van der Waals surface area contributed by atoms with Crippen molar-refractivity contribution in [2.24, 2.45) is 0 Å². The van der Waals surface area contributed by atoms with Gasteiger partial charge in [0.05, 0.1) is 30.5 Å². The highest BCUT2D eigenvalue weighted by Gasteiger charge is 2.23. The number of nitrogens with zero attached hydrogens (tertiary/aromatic N) is 2. The van der Waals surface area contributed by atoms with Crippen molar-refractivity contribution in [2.45, 2.75) is 13.0 Å². The Morgan fingerprint density at radius 1 is 1.61 bits per heavy atom. The average Bonchev–Trinajstić information content (AvgIpc) is 2.38. The Balaban J connectivity index is 2.33. The topological polar surface area (TPSA) is 73.6 Å². The number of morpholine rings is 1. The Morgan fingerprint density at radius 2 is 2.39 bits per heavy atom. The fraction of sp³-hybridized carbons (Fsp3) is 0.385. The van der Waals surface area contributed by atoms with Gasteiger partial charge in [-0.05, 0) is 19.1 Å². The molecular weight excluding hydrogens is 232 g/mol. The van der Waals surface area contributed by atoms with Crippen molar-refractivity contribution in [3.63, 3.8) is 0 Å². The van der Waals surface area contributed by atoms with Crippen LogP contribution in [0.3, 0.4) is 0 Å². The minimum atomic E-state index is -0.950. The quantitative estimate of drug-likeness (QED) is 0.854. The number of aryl methyl sites for hydroxylation is 1. The highest BCUT2D eigenvalue weighted by Crippen LogP contribution is 2.24. The van der Waals surface area contributed by atoms with Crippen molar-refractivity contribution >= 4 is 11.7 Å². The van der Waals surface area contributed by atoms with Gasteiger partial charge >= 0.3 is 5.97 Å². The number of carboxylic acid groups (broad SMARTS) is 1. The summed E-state index contributed by atoms with van der Waals surface area (Å²) in [6.07, 6.45) is -0.498. The van der Waals surface area contributed by atoms with E-state index in [1.807, 2.05) is 17.9 Å². The predicted octanol–water partition coefficient (Wildman–Crippen LogP) is 1.42. The zero-order chi connectivity index (χ0) is 13.1. The summed E-state index contributed by atoms with van der Waals surface area (Å²) in [7, 11) is 0. The standard InChI is InChI=1S/C13H14N2O3/c1-9-2-3-12(11(6-9)13(16)17)15-4-5-18-10(7-14)8-15/h2-3,6,10H,4-5,8H2,1H3,(H,16,17). The van der Waals surface area contributed by atoms with Crippen molar-refractivity contribution < 1.29 is 14.6 Å². The van der Waals surface area contributed by atoms with Crippen LogP contribution in [0.4, 0.5) is 5.69 Å². The van der Waals surface area contributed by atoms with E-state index >= 15 is 0 Å². The van der Waals surface area contributed by atoms with Crippen LogP contribution < -0.4 is 4.90 Å². The maximum absolute atomic E-state index is 11.2. The van der Waals surface area contributed by atoms with E-state index in [1.54, 1.807) is 12.1 Å². The summed E-state index contributed by atoms with van der Waals surface area (Å²) in [5.41, 5.74) is 1.83. The van der Waals surface area contributed by atoms with Crippen molar-refractivity contribution in [1.29, 1.82) is 5.26 Å². The van der Waals surface area contributed by atoms with Gasteiger partial charge in [-0.1, -0.05) is 11.6 Å². The first-order chi connectivity index (χ1) is 8.61. The Hall–Kier alpha value is -2.06. The van der Waals surface area contributed by atoms with Crippen molar-refractivity contribution in [1.82, 2.24) is 0 Å². The van der Waals surface area contributed by atoms with Crippen molar-refractivity contribution in [3.05, 3.63) is 29.3 Å². The molecule has 1 atom stereocenters. The molecule has 1 aliphatic rings. The van der Waals surface area contributed by atoms with E-state index in [0.717, 1.165) is 5.56 Å². The first-order valence-electron chi connectivity index (χ1n) is 5.72. The summed E-state index contributed by atoms with van der Waals surface area (Å²) >= 11 is 0.